The van der Waals surface area contributed by atoms with Gasteiger partial charge in [0.2, 0.25) is 0 Å². The van der Waals surface area contributed by atoms with Gasteiger partial charge in [0.15, 0.2) is 11.5 Å². The third kappa shape index (κ3) is 4.68. The zero-order chi connectivity index (χ0) is 23.6. The highest BCUT2D eigenvalue weighted by atomic mass is 32.2. The van der Waals surface area contributed by atoms with E-state index in [9.17, 15) is 8.42 Å². The summed E-state index contributed by atoms with van der Waals surface area (Å²) < 4.78 is 45.5. The van der Waals surface area contributed by atoms with E-state index in [-0.39, 0.29) is 17.0 Å². The van der Waals surface area contributed by atoms with Crippen LogP contribution in [-0.2, 0) is 16.6 Å². The molecule has 0 atom stereocenters. The molecular weight excluding hydrogens is 440 g/mol. The second-order valence-electron chi connectivity index (χ2n) is 8.28. The number of methoxy groups -OCH3 is 2. The highest BCUT2D eigenvalue weighted by Crippen LogP contribution is 2.35. The molecule has 0 fully saturated rings. The maximum Gasteiger partial charge on any atom is 0.264 e. The molecule has 0 unspecified atom stereocenters. The first-order valence-corrected chi connectivity index (χ1v) is 12.0. The third-order valence-electron chi connectivity index (χ3n) is 5.42. The molecule has 0 radical (unpaired) electrons. The van der Waals surface area contributed by atoms with Crippen molar-refractivity contribution >= 4 is 21.8 Å². The number of para-hydroxylation sites is 1. The summed E-state index contributed by atoms with van der Waals surface area (Å²) >= 11 is 0. The van der Waals surface area contributed by atoms with Crippen molar-refractivity contribution in [3.8, 4) is 17.2 Å². The fraction of sp³-hybridized carbons (Fsp3) is 0.231. The number of fused-ring (bicyclic) bond motifs is 1. The van der Waals surface area contributed by atoms with Gasteiger partial charge in [0.25, 0.3) is 10.0 Å². The van der Waals surface area contributed by atoms with Gasteiger partial charge < -0.3 is 14.2 Å². The number of hydrogen-bond acceptors (Lipinski definition) is 5. The summed E-state index contributed by atoms with van der Waals surface area (Å²) in [5, 5.41) is 0. The second kappa shape index (κ2) is 8.83. The van der Waals surface area contributed by atoms with Gasteiger partial charge >= 0.3 is 0 Å². The Morgan fingerprint density at radius 2 is 1.76 bits per heavy atom. The molecule has 0 spiro atoms. The topological polar surface area (TPSA) is 65.1 Å². The second-order valence-corrected chi connectivity index (χ2v) is 10.1. The average Bonchev–Trinajstić information content (AvgIpc) is 2.82. The van der Waals surface area contributed by atoms with Crippen LogP contribution in [0.3, 0.4) is 0 Å². The van der Waals surface area contributed by atoms with E-state index in [1.54, 1.807) is 18.2 Å². The Morgan fingerprint density at radius 1 is 1.00 bits per heavy atom. The number of nitrogens with zero attached hydrogens (tertiary/aromatic N) is 1. The van der Waals surface area contributed by atoms with Crippen molar-refractivity contribution < 1.29 is 22.6 Å². The van der Waals surface area contributed by atoms with E-state index in [0.29, 0.717) is 17.2 Å². The van der Waals surface area contributed by atoms with Gasteiger partial charge in [0.05, 0.1) is 31.3 Å². The van der Waals surface area contributed by atoms with Gasteiger partial charge in [-0.2, -0.15) is 0 Å². The standard InChI is InChI=1S/C26H27NO5S/c1-26(2)15-14-20-16-19(10-12-23(20)32-26)18-27(21-8-6-5-7-9-21)33(28,29)22-11-13-24(30-3)25(17-22)31-4/h5-17H,18H2,1-4H3/i3+2. The first kappa shape index (κ1) is 22.7. The maximum absolute atomic E-state index is 13.8. The molecular formula is C26H27NO5S. The molecule has 3 aromatic rings. The number of ether oxygens (including phenoxy) is 3. The van der Waals surface area contributed by atoms with Crippen LogP contribution in [0.1, 0.15) is 25.0 Å². The Bertz CT molecular complexity index is 1280. The first-order valence-electron chi connectivity index (χ1n) is 10.5. The van der Waals surface area contributed by atoms with Gasteiger partial charge in [0, 0.05) is 11.6 Å². The molecule has 4 rings (SSSR count). The minimum atomic E-state index is -3.90. The fourth-order valence-corrected chi connectivity index (χ4v) is 5.18. The molecule has 6 nitrogen and oxygen atoms in total. The number of hydrogen-bond donors (Lipinski definition) is 0. The first-order chi connectivity index (χ1) is 15.7. The van der Waals surface area contributed by atoms with Crippen LogP contribution in [-0.4, -0.2) is 28.2 Å². The maximum atomic E-state index is 13.8. The quantitative estimate of drug-likeness (QED) is 0.473. The van der Waals surface area contributed by atoms with Crippen LogP contribution in [0.5, 0.6) is 17.2 Å². The fourth-order valence-electron chi connectivity index (χ4n) is 3.71. The summed E-state index contributed by atoms with van der Waals surface area (Å²) in [6.45, 7) is 4.14. The van der Waals surface area contributed by atoms with Gasteiger partial charge in [-0.1, -0.05) is 30.3 Å². The average molecular weight is 468 g/mol. The summed E-state index contributed by atoms with van der Waals surface area (Å²) in [5.74, 6) is 1.60. The molecule has 0 bridgehead atoms. The molecule has 7 heteroatoms. The summed E-state index contributed by atoms with van der Waals surface area (Å²) in [5.41, 5.74) is 1.96. The molecule has 0 saturated carbocycles. The Balaban J connectivity index is 1.74. The molecule has 1 heterocycles. The lowest BCUT2D eigenvalue weighted by atomic mass is 10.0. The molecule has 1 aliphatic rings. The Hall–Kier alpha value is -3.45. The Kier molecular flexibility index (Phi) is 6.08. The SMILES string of the molecule is COc1cc(S(=O)(=O)N(Cc2ccc3c(c2)C=CC(C)(C)O3)c2ccccc2)ccc1O[14CH3]. The number of anilines is 1. The Morgan fingerprint density at radius 3 is 2.45 bits per heavy atom. The van der Waals surface area contributed by atoms with E-state index >= 15 is 0 Å². The smallest absolute Gasteiger partial charge is 0.264 e. The van der Waals surface area contributed by atoms with Gasteiger partial charge in [-0.25, -0.2) is 8.42 Å². The monoisotopic (exact) mass is 467 g/mol. The van der Waals surface area contributed by atoms with E-state index in [2.05, 4.69) is 0 Å². The lowest BCUT2D eigenvalue weighted by Gasteiger charge is -2.29. The van der Waals surface area contributed by atoms with Crippen LogP contribution in [0.25, 0.3) is 6.08 Å². The summed E-state index contributed by atoms with van der Waals surface area (Å²) in [6, 6.07) is 19.4. The van der Waals surface area contributed by atoms with Crippen molar-refractivity contribution in [1.29, 1.82) is 0 Å². The number of benzene rings is 3. The van der Waals surface area contributed by atoms with Crippen LogP contribution < -0.4 is 18.5 Å². The number of rotatable bonds is 7. The summed E-state index contributed by atoms with van der Waals surface area (Å²) in [4.78, 5) is 0.118. The van der Waals surface area contributed by atoms with Gasteiger partial charge in [-0.3, -0.25) is 4.31 Å². The van der Waals surface area contributed by atoms with Crippen molar-refractivity contribution in [2.75, 3.05) is 18.5 Å². The summed E-state index contributed by atoms with van der Waals surface area (Å²) in [6.07, 6.45) is 4.01. The molecule has 0 aromatic heterocycles. The molecule has 33 heavy (non-hydrogen) atoms. The van der Waals surface area contributed by atoms with Crippen LogP contribution >= 0.6 is 0 Å². The zero-order valence-corrected chi connectivity index (χ0v) is 19.9. The van der Waals surface area contributed by atoms with Gasteiger partial charge in [-0.05, 0) is 61.9 Å². The highest BCUT2D eigenvalue weighted by Gasteiger charge is 2.27. The molecule has 0 saturated heterocycles. The van der Waals surface area contributed by atoms with Crippen molar-refractivity contribution in [1.82, 2.24) is 0 Å². The van der Waals surface area contributed by atoms with Crippen LogP contribution in [0.15, 0.2) is 77.7 Å². The molecule has 1 aliphatic heterocycles. The van der Waals surface area contributed by atoms with Gasteiger partial charge in [0.1, 0.15) is 11.4 Å². The normalized spacial score (nSPS) is 14.2. The van der Waals surface area contributed by atoms with E-state index < -0.39 is 10.0 Å². The third-order valence-corrected chi connectivity index (χ3v) is 7.19. The van der Waals surface area contributed by atoms with E-state index in [0.717, 1.165) is 16.9 Å². The van der Waals surface area contributed by atoms with Crippen molar-refractivity contribution in [2.24, 2.45) is 0 Å². The van der Waals surface area contributed by atoms with Crippen LogP contribution in [0.4, 0.5) is 5.69 Å². The predicted octanol–water partition coefficient (Wildman–Crippen LogP) is 5.28. The molecule has 172 valence electrons. The van der Waals surface area contributed by atoms with Crippen LogP contribution in [0, 0.1) is 0 Å². The largest absolute Gasteiger partial charge is 0.493 e. The highest BCUT2D eigenvalue weighted by molar-refractivity contribution is 7.92. The molecule has 0 aliphatic carbocycles. The van der Waals surface area contributed by atoms with Crippen LogP contribution in [0.2, 0.25) is 0 Å². The van der Waals surface area contributed by atoms with Crippen molar-refractivity contribution in [3.63, 3.8) is 0 Å². The summed E-state index contributed by atoms with van der Waals surface area (Å²) in [7, 11) is -0.910. The molecule has 0 N–H and O–H groups in total. The minimum absolute atomic E-state index is 0.118. The lowest BCUT2D eigenvalue weighted by Crippen LogP contribution is -2.31. The van der Waals surface area contributed by atoms with E-state index in [1.807, 2.05) is 62.4 Å². The molecule has 0 amide bonds. The zero-order valence-electron chi connectivity index (χ0n) is 19.1. The van der Waals surface area contributed by atoms with Crippen molar-refractivity contribution in [3.05, 3.63) is 83.9 Å². The van der Waals surface area contributed by atoms with Crippen molar-refractivity contribution in [2.45, 2.75) is 30.9 Å². The molecule has 3 aromatic carbocycles. The van der Waals surface area contributed by atoms with E-state index in [1.165, 1.54) is 30.7 Å². The van der Waals surface area contributed by atoms with Gasteiger partial charge in [-0.15, -0.1) is 0 Å². The minimum Gasteiger partial charge on any atom is -0.493 e. The Labute approximate surface area is 195 Å². The number of sulfonamides is 1. The predicted molar refractivity (Wildman–Crippen MR) is 130 cm³/mol. The lowest BCUT2D eigenvalue weighted by molar-refractivity contribution is 0.159. The van der Waals surface area contributed by atoms with E-state index in [4.69, 9.17) is 14.2 Å².